The first-order valence-corrected chi connectivity index (χ1v) is 7.92. The highest BCUT2D eigenvalue weighted by Crippen LogP contribution is 2.20. The van der Waals surface area contributed by atoms with Gasteiger partial charge in [-0.1, -0.05) is 6.92 Å². The summed E-state index contributed by atoms with van der Waals surface area (Å²) in [5, 5.41) is 9.36. The standard InChI is InChI=1S/C11H16N2O4S2/c1-8(11(14)15)7-18-10-5-4-9(6-12-10)19(16,17)13(2)3/h4-6,8H,7H2,1-3H3,(H,14,15). The van der Waals surface area contributed by atoms with Crippen LogP contribution >= 0.6 is 11.8 Å². The van der Waals surface area contributed by atoms with Crippen LogP contribution in [0.3, 0.4) is 0 Å². The van der Waals surface area contributed by atoms with Gasteiger partial charge in [-0.3, -0.25) is 4.79 Å². The molecule has 0 aliphatic rings. The smallest absolute Gasteiger partial charge is 0.307 e. The lowest BCUT2D eigenvalue weighted by atomic mass is 10.2. The number of pyridine rings is 1. The third-order valence-corrected chi connectivity index (χ3v) is 5.39. The lowest BCUT2D eigenvalue weighted by molar-refractivity contribution is -0.140. The minimum absolute atomic E-state index is 0.119. The molecule has 1 aromatic heterocycles. The molecule has 0 aromatic carbocycles. The van der Waals surface area contributed by atoms with Gasteiger partial charge >= 0.3 is 5.97 Å². The van der Waals surface area contributed by atoms with Crippen molar-refractivity contribution in [2.75, 3.05) is 19.8 Å². The van der Waals surface area contributed by atoms with E-state index >= 15 is 0 Å². The molecule has 0 aliphatic carbocycles. The van der Waals surface area contributed by atoms with Crippen molar-refractivity contribution >= 4 is 27.8 Å². The van der Waals surface area contributed by atoms with E-state index in [4.69, 9.17) is 5.11 Å². The van der Waals surface area contributed by atoms with Crippen molar-refractivity contribution in [3.05, 3.63) is 18.3 Å². The molecule has 0 bridgehead atoms. The summed E-state index contributed by atoms with van der Waals surface area (Å²) in [6.07, 6.45) is 1.28. The van der Waals surface area contributed by atoms with Crippen molar-refractivity contribution in [3.63, 3.8) is 0 Å². The monoisotopic (exact) mass is 304 g/mol. The first-order valence-electron chi connectivity index (χ1n) is 5.49. The van der Waals surface area contributed by atoms with E-state index in [9.17, 15) is 13.2 Å². The number of hydrogen-bond donors (Lipinski definition) is 1. The summed E-state index contributed by atoms with van der Waals surface area (Å²) in [5.41, 5.74) is 0. The molecule has 0 amide bonds. The maximum Gasteiger partial charge on any atom is 0.307 e. The summed E-state index contributed by atoms with van der Waals surface area (Å²) in [6, 6.07) is 3.05. The van der Waals surface area contributed by atoms with Crippen molar-refractivity contribution in [3.8, 4) is 0 Å². The summed E-state index contributed by atoms with van der Waals surface area (Å²) < 4.78 is 24.7. The largest absolute Gasteiger partial charge is 0.481 e. The molecular formula is C11H16N2O4S2. The Hall–Kier alpha value is -1.12. The van der Waals surface area contributed by atoms with E-state index in [0.717, 1.165) is 4.31 Å². The first kappa shape index (κ1) is 15.9. The second-order valence-electron chi connectivity index (χ2n) is 4.17. The summed E-state index contributed by atoms with van der Waals surface area (Å²) in [6.45, 7) is 1.61. The molecule has 1 unspecified atom stereocenters. The Kier molecular flexibility index (Phi) is 5.33. The maximum absolute atomic E-state index is 11.8. The van der Waals surface area contributed by atoms with Crippen LogP contribution in [-0.2, 0) is 14.8 Å². The van der Waals surface area contributed by atoms with Crippen LogP contribution in [0.5, 0.6) is 0 Å². The Balaban J connectivity index is 2.75. The van der Waals surface area contributed by atoms with Crippen LogP contribution in [0.15, 0.2) is 28.3 Å². The van der Waals surface area contributed by atoms with Gasteiger partial charge in [0.25, 0.3) is 0 Å². The molecule has 1 heterocycles. The van der Waals surface area contributed by atoms with E-state index in [2.05, 4.69) is 4.98 Å². The molecule has 0 spiro atoms. The highest BCUT2D eigenvalue weighted by molar-refractivity contribution is 7.99. The van der Waals surface area contributed by atoms with Gasteiger partial charge in [0, 0.05) is 26.0 Å². The van der Waals surface area contributed by atoms with Gasteiger partial charge in [-0.2, -0.15) is 0 Å². The fraction of sp³-hybridized carbons (Fsp3) is 0.455. The zero-order valence-corrected chi connectivity index (χ0v) is 12.5. The molecule has 106 valence electrons. The molecule has 1 aromatic rings. The molecule has 0 radical (unpaired) electrons. The third kappa shape index (κ3) is 4.19. The van der Waals surface area contributed by atoms with E-state index < -0.39 is 21.9 Å². The fourth-order valence-electron chi connectivity index (χ4n) is 1.10. The Morgan fingerprint density at radius 2 is 2.11 bits per heavy atom. The summed E-state index contributed by atoms with van der Waals surface area (Å²) in [5.74, 6) is -0.946. The molecule has 6 nitrogen and oxygen atoms in total. The minimum Gasteiger partial charge on any atom is -0.481 e. The average molecular weight is 304 g/mol. The highest BCUT2D eigenvalue weighted by Gasteiger charge is 2.17. The maximum atomic E-state index is 11.8. The van der Waals surface area contributed by atoms with E-state index in [0.29, 0.717) is 10.8 Å². The molecule has 1 atom stereocenters. The molecule has 0 aliphatic heterocycles. The predicted octanol–water partition coefficient (Wildman–Crippen LogP) is 1.14. The van der Waals surface area contributed by atoms with Crippen LogP contribution in [0.2, 0.25) is 0 Å². The summed E-state index contributed by atoms with van der Waals surface area (Å²) >= 11 is 1.28. The molecule has 1 rings (SSSR count). The van der Waals surface area contributed by atoms with Crippen molar-refractivity contribution in [2.24, 2.45) is 5.92 Å². The average Bonchev–Trinajstić information content (AvgIpc) is 2.36. The number of thioether (sulfide) groups is 1. The van der Waals surface area contributed by atoms with E-state index in [1.807, 2.05) is 0 Å². The zero-order chi connectivity index (χ0) is 14.6. The number of aliphatic carboxylic acids is 1. The minimum atomic E-state index is -3.47. The van der Waals surface area contributed by atoms with E-state index in [1.54, 1.807) is 13.0 Å². The summed E-state index contributed by atoms with van der Waals surface area (Å²) in [7, 11) is -0.569. The number of aromatic nitrogens is 1. The van der Waals surface area contributed by atoms with Gasteiger partial charge in [-0.05, 0) is 12.1 Å². The lowest BCUT2D eigenvalue weighted by Gasteiger charge is -2.11. The van der Waals surface area contributed by atoms with Crippen LogP contribution in [0.1, 0.15) is 6.92 Å². The fourth-order valence-corrected chi connectivity index (χ4v) is 2.80. The second kappa shape index (κ2) is 6.36. The van der Waals surface area contributed by atoms with Gasteiger partial charge in [0.2, 0.25) is 10.0 Å². The SMILES string of the molecule is CC(CSc1ccc(S(=O)(=O)N(C)C)cn1)C(=O)O. The number of sulfonamides is 1. The molecule has 0 saturated carbocycles. The lowest BCUT2D eigenvalue weighted by Crippen LogP contribution is -2.22. The third-order valence-electron chi connectivity index (χ3n) is 2.39. The van der Waals surface area contributed by atoms with Crippen LogP contribution in [-0.4, -0.2) is 48.6 Å². The Labute approximate surface area is 116 Å². The van der Waals surface area contributed by atoms with Crippen LogP contribution in [0.25, 0.3) is 0 Å². The normalized spacial score (nSPS) is 13.5. The van der Waals surface area contributed by atoms with Gasteiger partial charge in [0.1, 0.15) is 4.90 Å². The number of rotatable bonds is 6. The molecule has 8 heteroatoms. The van der Waals surface area contributed by atoms with Crippen molar-refractivity contribution in [1.29, 1.82) is 0 Å². The number of nitrogens with zero attached hydrogens (tertiary/aromatic N) is 2. The van der Waals surface area contributed by atoms with Gasteiger partial charge in [-0.15, -0.1) is 11.8 Å². The molecule has 0 fully saturated rings. The first-order chi connectivity index (χ1) is 8.75. The van der Waals surface area contributed by atoms with Crippen LogP contribution in [0.4, 0.5) is 0 Å². The van der Waals surface area contributed by atoms with E-state index in [-0.39, 0.29) is 4.90 Å². The number of carbonyl (C=O) groups is 1. The molecule has 19 heavy (non-hydrogen) atoms. The summed E-state index contributed by atoms with van der Waals surface area (Å²) in [4.78, 5) is 14.8. The van der Waals surface area contributed by atoms with Crippen LogP contribution < -0.4 is 0 Å². The second-order valence-corrected chi connectivity index (χ2v) is 7.36. The van der Waals surface area contributed by atoms with Crippen molar-refractivity contribution in [2.45, 2.75) is 16.8 Å². The Morgan fingerprint density at radius 1 is 1.47 bits per heavy atom. The van der Waals surface area contributed by atoms with Gasteiger partial charge in [0.05, 0.1) is 10.9 Å². The molecule has 1 N–H and O–H groups in total. The predicted molar refractivity (Wildman–Crippen MR) is 72.6 cm³/mol. The number of carboxylic acid groups (broad SMARTS) is 1. The zero-order valence-electron chi connectivity index (χ0n) is 10.9. The van der Waals surface area contributed by atoms with Crippen LogP contribution in [0, 0.1) is 5.92 Å². The van der Waals surface area contributed by atoms with Crippen molar-refractivity contribution in [1.82, 2.24) is 9.29 Å². The Morgan fingerprint density at radius 3 is 2.53 bits per heavy atom. The molecule has 0 saturated heterocycles. The van der Waals surface area contributed by atoms with Gasteiger partial charge in [0.15, 0.2) is 0 Å². The van der Waals surface area contributed by atoms with Gasteiger partial charge < -0.3 is 5.11 Å². The number of hydrogen-bond acceptors (Lipinski definition) is 5. The topological polar surface area (TPSA) is 87.6 Å². The van der Waals surface area contributed by atoms with Gasteiger partial charge in [-0.25, -0.2) is 17.7 Å². The Bertz CT molecular complexity index is 540. The quantitative estimate of drug-likeness (QED) is 0.793. The van der Waals surface area contributed by atoms with Crippen molar-refractivity contribution < 1.29 is 18.3 Å². The van der Waals surface area contributed by atoms with E-state index in [1.165, 1.54) is 38.1 Å². The highest BCUT2D eigenvalue weighted by atomic mass is 32.2. The molecular weight excluding hydrogens is 288 g/mol. The number of carboxylic acids is 1.